The first-order valence-electron chi connectivity index (χ1n) is 6.95. The lowest BCUT2D eigenvalue weighted by atomic mass is 10.1. The minimum absolute atomic E-state index is 0.245. The van der Waals surface area contributed by atoms with Gasteiger partial charge in [-0.05, 0) is 26.0 Å². The Balaban J connectivity index is 1.84. The van der Waals surface area contributed by atoms with E-state index in [9.17, 15) is 18.7 Å². The fourth-order valence-electron chi connectivity index (χ4n) is 1.95. The van der Waals surface area contributed by atoms with Gasteiger partial charge < -0.3 is 15.7 Å². The molecule has 2 amide bonds. The van der Waals surface area contributed by atoms with E-state index in [0.29, 0.717) is 0 Å². The number of nitrogens with one attached hydrogen (secondary N) is 2. The number of carbonyl (C=O) groups is 1. The fraction of sp³-hybridized carbons (Fsp3) is 0.333. The molecule has 5 nitrogen and oxygen atoms in total. The molecule has 0 aliphatic rings. The maximum atomic E-state index is 13.5. The van der Waals surface area contributed by atoms with Crippen molar-refractivity contribution < 1.29 is 18.7 Å². The third-order valence-corrected chi connectivity index (χ3v) is 4.33. The molecule has 1 unspecified atom stereocenters. The molecule has 124 valence electrons. The highest BCUT2D eigenvalue weighted by molar-refractivity contribution is 7.11. The summed E-state index contributed by atoms with van der Waals surface area (Å²) in [5.41, 5.74) is 0.455. The Morgan fingerprint density at radius 3 is 2.52 bits per heavy atom. The van der Waals surface area contributed by atoms with Crippen LogP contribution in [0.15, 0.2) is 18.2 Å². The molecule has 0 fully saturated rings. The van der Waals surface area contributed by atoms with Crippen molar-refractivity contribution in [2.75, 3.05) is 6.54 Å². The number of thiazole rings is 1. The van der Waals surface area contributed by atoms with Crippen LogP contribution in [0.3, 0.4) is 0 Å². The van der Waals surface area contributed by atoms with Crippen LogP contribution in [-0.4, -0.2) is 22.7 Å². The molecule has 0 aliphatic heterocycles. The van der Waals surface area contributed by atoms with Gasteiger partial charge in [-0.1, -0.05) is 6.07 Å². The summed E-state index contributed by atoms with van der Waals surface area (Å²) >= 11 is 1.48. The number of urea groups is 1. The van der Waals surface area contributed by atoms with E-state index in [1.54, 1.807) is 0 Å². The Hall–Kier alpha value is -2.06. The molecule has 0 bridgehead atoms. The van der Waals surface area contributed by atoms with Crippen molar-refractivity contribution in [2.45, 2.75) is 26.5 Å². The molecular weight excluding hydrogens is 324 g/mol. The minimum atomic E-state index is -1.47. The standard InChI is InChI=1S/C15H17F2N3O2S/c1-8-9(2)23-13(20-8)7-19-15(22)18-6-12(21)14-10(16)4-3-5-11(14)17/h3-5,12,21H,6-7H2,1-2H3,(H2,18,19,22). The monoisotopic (exact) mass is 341 g/mol. The first-order chi connectivity index (χ1) is 10.9. The summed E-state index contributed by atoms with van der Waals surface area (Å²) in [5, 5.41) is 15.5. The van der Waals surface area contributed by atoms with E-state index in [0.717, 1.165) is 27.7 Å². The van der Waals surface area contributed by atoms with Crippen molar-refractivity contribution in [3.05, 3.63) is 51.0 Å². The number of aryl methyl sites for hydroxylation is 2. The predicted molar refractivity (Wildman–Crippen MR) is 83.1 cm³/mol. The Kier molecular flexibility index (Phi) is 5.62. The van der Waals surface area contributed by atoms with E-state index in [-0.39, 0.29) is 13.1 Å². The maximum absolute atomic E-state index is 13.5. The number of amides is 2. The lowest BCUT2D eigenvalue weighted by molar-refractivity contribution is 0.164. The van der Waals surface area contributed by atoms with E-state index >= 15 is 0 Å². The van der Waals surface area contributed by atoms with Gasteiger partial charge in [0.1, 0.15) is 22.7 Å². The summed E-state index contributed by atoms with van der Waals surface area (Å²) in [4.78, 5) is 17.0. The van der Waals surface area contributed by atoms with Gasteiger partial charge in [0.05, 0.1) is 17.8 Å². The van der Waals surface area contributed by atoms with Crippen molar-refractivity contribution >= 4 is 17.4 Å². The minimum Gasteiger partial charge on any atom is -0.386 e. The summed E-state index contributed by atoms with van der Waals surface area (Å²) in [7, 11) is 0. The van der Waals surface area contributed by atoms with Gasteiger partial charge in [0, 0.05) is 11.4 Å². The van der Waals surface area contributed by atoms with Gasteiger partial charge in [0.25, 0.3) is 0 Å². The lowest BCUT2D eigenvalue weighted by Crippen LogP contribution is -2.37. The molecule has 0 saturated heterocycles. The second-order valence-electron chi connectivity index (χ2n) is 4.96. The number of halogens is 2. The van der Waals surface area contributed by atoms with Crippen LogP contribution < -0.4 is 10.6 Å². The third-order valence-electron chi connectivity index (χ3n) is 3.26. The van der Waals surface area contributed by atoms with Gasteiger partial charge in [-0.3, -0.25) is 0 Å². The van der Waals surface area contributed by atoms with Crippen LogP contribution in [0.5, 0.6) is 0 Å². The molecular formula is C15H17F2N3O2S. The van der Waals surface area contributed by atoms with Gasteiger partial charge >= 0.3 is 6.03 Å². The highest BCUT2D eigenvalue weighted by Crippen LogP contribution is 2.20. The Morgan fingerprint density at radius 1 is 1.30 bits per heavy atom. The number of rotatable bonds is 5. The molecule has 3 N–H and O–H groups in total. The van der Waals surface area contributed by atoms with E-state index in [1.807, 2.05) is 13.8 Å². The molecule has 0 spiro atoms. The number of aromatic nitrogens is 1. The lowest BCUT2D eigenvalue weighted by Gasteiger charge is -2.14. The number of nitrogens with zero attached hydrogens (tertiary/aromatic N) is 1. The van der Waals surface area contributed by atoms with Crippen LogP contribution in [0.4, 0.5) is 13.6 Å². The summed E-state index contributed by atoms with van der Waals surface area (Å²) in [6.45, 7) is 3.76. The molecule has 23 heavy (non-hydrogen) atoms. The van der Waals surface area contributed by atoms with Crippen molar-refractivity contribution in [1.29, 1.82) is 0 Å². The van der Waals surface area contributed by atoms with Crippen molar-refractivity contribution in [3.63, 3.8) is 0 Å². The fourth-order valence-corrected chi connectivity index (χ4v) is 2.83. The number of aliphatic hydroxyl groups excluding tert-OH is 1. The third kappa shape index (κ3) is 4.46. The van der Waals surface area contributed by atoms with Gasteiger partial charge in [-0.15, -0.1) is 11.3 Å². The number of hydrogen-bond donors (Lipinski definition) is 3. The van der Waals surface area contributed by atoms with Gasteiger partial charge in [-0.2, -0.15) is 0 Å². The molecule has 0 radical (unpaired) electrons. The summed E-state index contributed by atoms with van der Waals surface area (Å²) in [6.07, 6.45) is -1.47. The van der Waals surface area contributed by atoms with Crippen molar-refractivity contribution in [1.82, 2.24) is 15.6 Å². The predicted octanol–water partition coefficient (Wildman–Crippen LogP) is 2.57. The number of aliphatic hydroxyl groups is 1. The highest BCUT2D eigenvalue weighted by Gasteiger charge is 2.18. The van der Waals surface area contributed by atoms with Crippen LogP contribution in [0.2, 0.25) is 0 Å². The highest BCUT2D eigenvalue weighted by atomic mass is 32.1. The zero-order chi connectivity index (χ0) is 17.0. The molecule has 1 atom stereocenters. The van der Waals surface area contributed by atoms with E-state index in [4.69, 9.17) is 0 Å². The van der Waals surface area contributed by atoms with Crippen LogP contribution >= 0.6 is 11.3 Å². The molecule has 8 heteroatoms. The van der Waals surface area contributed by atoms with E-state index in [2.05, 4.69) is 15.6 Å². The molecule has 2 aromatic rings. The summed E-state index contributed by atoms with van der Waals surface area (Å²) in [6, 6.07) is 2.76. The molecule has 1 aromatic carbocycles. The van der Waals surface area contributed by atoms with Gasteiger partial charge in [0.15, 0.2) is 0 Å². The van der Waals surface area contributed by atoms with Crippen LogP contribution in [0, 0.1) is 25.5 Å². The molecule has 0 aliphatic carbocycles. The van der Waals surface area contributed by atoms with Gasteiger partial charge in [0.2, 0.25) is 0 Å². The second-order valence-corrected chi connectivity index (χ2v) is 6.25. The smallest absolute Gasteiger partial charge is 0.315 e. The number of benzene rings is 1. The molecule has 2 rings (SSSR count). The summed E-state index contributed by atoms with van der Waals surface area (Å²) in [5.74, 6) is -1.71. The normalized spacial score (nSPS) is 12.0. The number of carbonyl (C=O) groups excluding carboxylic acids is 1. The quantitative estimate of drug-likeness (QED) is 0.782. The topological polar surface area (TPSA) is 74.2 Å². The average molecular weight is 341 g/mol. The molecule has 1 heterocycles. The van der Waals surface area contributed by atoms with E-state index < -0.39 is 29.3 Å². The van der Waals surface area contributed by atoms with Crippen molar-refractivity contribution in [2.24, 2.45) is 0 Å². The van der Waals surface area contributed by atoms with Crippen LogP contribution in [-0.2, 0) is 6.54 Å². The zero-order valence-electron chi connectivity index (χ0n) is 12.7. The Bertz CT molecular complexity index is 666. The van der Waals surface area contributed by atoms with Gasteiger partial charge in [-0.25, -0.2) is 18.6 Å². The van der Waals surface area contributed by atoms with Crippen molar-refractivity contribution in [3.8, 4) is 0 Å². The summed E-state index contributed by atoms with van der Waals surface area (Å²) < 4.78 is 27.0. The SMILES string of the molecule is Cc1nc(CNC(=O)NCC(O)c2c(F)cccc2F)sc1C. The average Bonchev–Trinajstić information content (AvgIpc) is 2.81. The zero-order valence-corrected chi connectivity index (χ0v) is 13.5. The first kappa shape index (κ1) is 17.3. The van der Waals surface area contributed by atoms with E-state index in [1.165, 1.54) is 17.4 Å². The largest absolute Gasteiger partial charge is 0.386 e. The van der Waals surface area contributed by atoms with Crippen LogP contribution in [0.1, 0.15) is 27.2 Å². The molecule has 1 aromatic heterocycles. The first-order valence-corrected chi connectivity index (χ1v) is 7.76. The second kappa shape index (κ2) is 7.47. The Labute approximate surface area is 136 Å². The maximum Gasteiger partial charge on any atom is 0.315 e. The molecule has 0 saturated carbocycles. The Morgan fingerprint density at radius 2 is 1.96 bits per heavy atom. The number of hydrogen-bond acceptors (Lipinski definition) is 4. The van der Waals surface area contributed by atoms with Crippen LogP contribution in [0.25, 0.3) is 0 Å².